The van der Waals surface area contributed by atoms with E-state index in [2.05, 4.69) is 0 Å². The van der Waals surface area contributed by atoms with E-state index in [0.29, 0.717) is 6.42 Å². The lowest BCUT2D eigenvalue weighted by Crippen LogP contribution is -2.29. The summed E-state index contributed by atoms with van der Waals surface area (Å²) in [6.07, 6.45) is 8.11. The van der Waals surface area contributed by atoms with Crippen LogP contribution in [0.2, 0.25) is 0 Å². The molecular formula is C13H18O4. The first kappa shape index (κ1) is 13.5. The molecule has 0 radical (unpaired) electrons. The fraction of sp³-hybridized carbons (Fsp3) is 0.538. The van der Waals surface area contributed by atoms with Gasteiger partial charge in [-0.15, -0.1) is 0 Å². The number of carbonyl (C=O) groups excluding carboxylic acids is 2. The Bertz CT molecular complexity index is 300. The molecule has 0 saturated carbocycles. The number of ether oxygens (including phenoxy) is 2. The smallest absolute Gasteiger partial charge is 0.320 e. The van der Waals surface area contributed by atoms with Crippen molar-refractivity contribution in [3.63, 3.8) is 0 Å². The van der Waals surface area contributed by atoms with Crippen molar-refractivity contribution in [2.45, 2.75) is 20.3 Å². The number of carbonyl (C=O) groups is 2. The zero-order valence-corrected chi connectivity index (χ0v) is 10.2. The molecule has 0 aromatic rings. The second kappa shape index (κ2) is 6.89. The van der Waals surface area contributed by atoms with Crippen LogP contribution in [0.1, 0.15) is 20.3 Å². The minimum Gasteiger partial charge on any atom is -0.465 e. The van der Waals surface area contributed by atoms with Gasteiger partial charge in [-0.25, -0.2) is 0 Å². The fourth-order valence-corrected chi connectivity index (χ4v) is 1.68. The summed E-state index contributed by atoms with van der Waals surface area (Å²) in [7, 11) is 0. The molecule has 1 aliphatic rings. The average molecular weight is 238 g/mol. The van der Waals surface area contributed by atoms with Crippen LogP contribution in [0.5, 0.6) is 0 Å². The Balaban J connectivity index is 2.63. The van der Waals surface area contributed by atoms with Crippen LogP contribution in [-0.4, -0.2) is 25.2 Å². The summed E-state index contributed by atoms with van der Waals surface area (Å²) in [4.78, 5) is 23.4. The lowest BCUT2D eigenvalue weighted by atomic mass is 9.95. The van der Waals surface area contributed by atoms with Gasteiger partial charge in [0, 0.05) is 0 Å². The van der Waals surface area contributed by atoms with Gasteiger partial charge in [0.15, 0.2) is 5.92 Å². The summed E-state index contributed by atoms with van der Waals surface area (Å²) in [6, 6.07) is 0. The van der Waals surface area contributed by atoms with Gasteiger partial charge in [0.1, 0.15) is 0 Å². The highest BCUT2D eigenvalue weighted by Crippen LogP contribution is 2.21. The molecule has 0 bridgehead atoms. The Labute approximate surface area is 101 Å². The summed E-state index contributed by atoms with van der Waals surface area (Å²) < 4.78 is 9.79. The molecule has 0 atom stereocenters. The van der Waals surface area contributed by atoms with Gasteiger partial charge in [-0.1, -0.05) is 24.3 Å². The summed E-state index contributed by atoms with van der Waals surface area (Å²) in [5, 5.41) is 0. The highest BCUT2D eigenvalue weighted by atomic mass is 16.6. The summed E-state index contributed by atoms with van der Waals surface area (Å²) in [5.41, 5.74) is 0. The van der Waals surface area contributed by atoms with Gasteiger partial charge in [-0.2, -0.15) is 0 Å². The Kier molecular flexibility index (Phi) is 5.46. The van der Waals surface area contributed by atoms with Crippen LogP contribution in [0.25, 0.3) is 0 Å². The Morgan fingerprint density at radius 2 is 1.53 bits per heavy atom. The Morgan fingerprint density at radius 3 is 1.94 bits per heavy atom. The summed E-state index contributed by atoms with van der Waals surface area (Å²) in [5.74, 6) is -1.72. The van der Waals surface area contributed by atoms with E-state index in [1.165, 1.54) is 0 Å². The van der Waals surface area contributed by atoms with E-state index in [-0.39, 0.29) is 19.1 Å². The minimum absolute atomic E-state index is 0.105. The number of allylic oxidation sites excluding steroid dienone is 4. The quantitative estimate of drug-likeness (QED) is 0.523. The first-order valence-corrected chi connectivity index (χ1v) is 5.87. The second-order valence-corrected chi connectivity index (χ2v) is 3.73. The van der Waals surface area contributed by atoms with Crippen LogP contribution in [-0.2, 0) is 19.1 Å². The molecule has 4 nitrogen and oxygen atoms in total. The predicted molar refractivity (Wildman–Crippen MR) is 63.1 cm³/mol. The maximum Gasteiger partial charge on any atom is 0.320 e. The van der Waals surface area contributed by atoms with E-state index in [9.17, 15) is 9.59 Å². The van der Waals surface area contributed by atoms with Crippen molar-refractivity contribution in [1.82, 2.24) is 0 Å². The maximum atomic E-state index is 11.7. The van der Waals surface area contributed by atoms with Gasteiger partial charge < -0.3 is 9.47 Å². The lowest BCUT2D eigenvalue weighted by Gasteiger charge is -2.16. The molecule has 1 aliphatic carbocycles. The van der Waals surface area contributed by atoms with Crippen LogP contribution in [0, 0.1) is 11.8 Å². The van der Waals surface area contributed by atoms with Crippen LogP contribution < -0.4 is 0 Å². The summed E-state index contributed by atoms with van der Waals surface area (Å²) in [6.45, 7) is 3.97. The maximum absolute atomic E-state index is 11.7. The van der Waals surface area contributed by atoms with Crippen molar-refractivity contribution in [1.29, 1.82) is 0 Å². The third-order valence-electron chi connectivity index (χ3n) is 2.48. The molecule has 0 unspecified atom stereocenters. The van der Waals surface area contributed by atoms with Crippen molar-refractivity contribution in [2.24, 2.45) is 11.8 Å². The van der Waals surface area contributed by atoms with Crippen LogP contribution >= 0.6 is 0 Å². The monoisotopic (exact) mass is 238 g/mol. The third-order valence-corrected chi connectivity index (χ3v) is 2.48. The van der Waals surface area contributed by atoms with Gasteiger partial charge in [-0.3, -0.25) is 9.59 Å². The first-order chi connectivity index (χ1) is 8.19. The number of rotatable bonds is 6. The zero-order chi connectivity index (χ0) is 12.7. The molecule has 94 valence electrons. The molecular weight excluding hydrogens is 220 g/mol. The topological polar surface area (TPSA) is 52.6 Å². The zero-order valence-electron chi connectivity index (χ0n) is 10.2. The van der Waals surface area contributed by atoms with E-state index in [4.69, 9.17) is 9.47 Å². The van der Waals surface area contributed by atoms with Gasteiger partial charge in [0.05, 0.1) is 13.2 Å². The van der Waals surface area contributed by atoms with Crippen molar-refractivity contribution in [2.75, 3.05) is 13.2 Å². The van der Waals surface area contributed by atoms with Crippen molar-refractivity contribution in [3.8, 4) is 0 Å². The largest absolute Gasteiger partial charge is 0.465 e. The molecule has 0 fully saturated rings. The van der Waals surface area contributed by atoms with E-state index < -0.39 is 17.9 Å². The van der Waals surface area contributed by atoms with Crippen molar-refractivity contribution >= 4 is 11.9 Å². The van der Waals surface area contributed by atoms with E-state index in [1.807, 2.05) is 24.3 Å². The van der Waals surface area contributed by atoms with Crippen LogP contribution in [0.3, 0.4) is 0 Å². The van der Waals surface area contributed by atoms with Gasteiger partial charge in [0.25, 0.3) is 0 Å². The Hall–Kier alpha value is -1.58. The molecule has 1 rings (SSSR count). The van der Waals surface area contributed by atoms with E-state index in [1.54, 1.807) is 13.8 Å². The predicted octanol–water partition coefficient (Wildman–Crippen LogP) is 1.86. The molecule has 17 heavy (non-hydrogen) atoms. The standard InChI is InChI=1S/C13H18O4/c1-3-16-12(14)11(13(15)17-4-2)9-10-7-5-6-8-10/h5-8,10-11H,3-4,9H2,1-2H3. The summed E-state index contributed by atoms with van der Waals surface area (Å²) >= 11 is 0. The highest BCUT2D eigenvalue weighted by Gasteiger charge is 2.31. The number of hydrogen-bond acceptors (Lipinski definition) is 4. The molecule has 0 spiro atoms. The molecule has 0 saturated heterocycles. The molecule has 0 heterocycles. The molecule has 0 aromatic carbocycles. The number of esters is 2. The molecule has 0 amide bonds. The average Bonchev–Trinajstić information content (AvgIpc) is 2.79. The Morgan fingerprint density at radius 1 is 1.06 bits per heavy atom. The SMILES string of the molecule is CCOC(=O)C(CC1C=CC=C1)C(=O)OCC. The lowest BCUT2D eigenvalue weighted by molar-refractivity contribution is -0.162. The third kappa shape index (κ3) is 4.06. The van der Waals surface area contributed by atoms with E-state index >= 15 is 0 Å². The first-order valence-electron chi connectivity index (χ1n) is 5.87. The highest BCUT2D eigenvalue weighted by molar-refractivity contribution is 5.94. The second-order valence-electron chi connectivity index (χ2n) is 3.73. The number of hydrogen-bond donors (Lipinski definition) is 0. The van der Waals surface area contributed by atoms with Crippen molar-refractivity contribution < 1.29 is 19.1 Å². The molecule has 4 heteroatoms. The molecule has 0 N–H and O–H groups in total. The van der Waals surface area contributed by atoms with Crippen LogP contribution in [0.15, 0.2) is 24.3 Å². The van der Waals surface area contributed by atoms with Gasteiger partial charge in [0.2, 0.25) is 0 Å². The van der Waals surface area contributed by atoms with E-state index in [0.717, 1.165) is 0 Å². The van der Waals surface area contributed by atoms with Crippen molar-refractivity contribution in [3.05, 3.63) is 24.3 Å². The van der Waals surface area contributed by atoms with Crippen LogP contribution in [0.4, 0.5) is 0 Å². The molecule has 0 aromatic heterocycles. The van der Waals surface area contributed by atoms with Gasteiger partial charge >= 0.3 is 11.9 Å². The van der Waals surface area contributed by atoms with Gasteiger partial charge in [-0.05, 0) is 26.2 Å². The molecule has 0 aliphatic heterocycles. The fourth-order valence-electron chi connectivity index (χ4n) is 1.68. The normalized spacial score (nSPS) is 14.3. The minimum atomic E-state index is -0.827.